The van der Waals surface area contributed by atoms with Gasteiger partial charge in [-0.1, -0.05) is 6.42 Å². The van der Waals surface area contributed by atoms with Crippen LogP contribution in [0.1, 0.15) is 71.5 Å². The van der Waals surface area contributed by atoms with Gasteiger partial charge < -0.3 is 9.64 Å². The number of piperidine rings is 1. The zero-order valence-corrected chi connectivity index (χ0v) is 21.2. The summed E-state index contributed by atoms with van der Waals surface area (Å²) in [5, 5.41) is 2.31. The Kier molecular flexibility index (Phi) is 6.57. The van der Waals surface area contributed by atoms with E-state index in [0.717, 1.165) is 37.4 Å². The van der Waals surface area contributed by atoms with Crippen molar-refractivity contribution < 1.29 is 32.3 Å². The lowest BCUT2D eigenvalue weighted by Crippen LogP contribution is -2.57. The van der Waals surface area contributed by atoms with E-state index in [-0.39, 0.29) is 42.8 Å². The summed E-state index contributed by atoms with van der Waals surface area (Å²) in [5.41, 5.74) is 1.21. The normalized spacial score (nSPS) is 26.3. The third-order valence-electron chi connectivity index (χ3n) is 8.39. The van der Waals surface area contributed by atoms with Gasteiger partial charge in [0.15, 0.2) is 0 Å². The van der Waals surface area contributed by atoms with Crippen molar-refractivity contribution in [1.82, 2.24) is 20.1 Å². The number of nitrogens with zero attached hydrogens (tertiary/aromatic N) is 3. The maximum atomic E-state index is 13.1. The summed E-state index contributed by atoms with van der Waals surface area (Å²) in [4.78, 5) is 44.4. The predicted molar refractivity (Wildman–Crippen MR) is 133 cm³/mol. The van der Waals surface area contributed by atoms with E-state index in [4.69, 9.17) is 4.74 Å². The van der Waals surface area contributed by atoms with Crippen LogP contribution in [-0.4, -0.2) is 63.8 Å². The molecule has 1 aromatic carbocycles. The molecule has 0 spiro atoms. The fourth-order valence-electron chi connectivity index (χ4n) is 6.26. The van der Waals surface area contributed by atoms with Gasteiger partial charge in [-0.2, -0.15) is 13.2 Å². The van der Waals surface area contributed by atoms with E-state index < -0.39 is 23.7 Å². The Hall–Kier alpha value is -3.47. The van der Waals surface area contributed by atoms with Gasteiger partial charge in [0, 0.05) is 56.0 Å². The number of hydrogen-bond acceptors (Lipinski definition) is 6. The van der Waals surface area contributed by atoms with E-state index in [1.54, 1.807) is 12.1 Å². The van der Waals surface area contributed by atoms with Crippen LogP contribution in [0.25, 0.3) is 0 Å². The number of hydrogen-bond donors (Lipinski definition) is 1. The summed E-state index contributed by atoms with van der Waals surface area (Å²) < 4.78 is 45.8. The number of rotatable bonds is 5. The molecule has 2 saturated heterocycles. The Bertz CT molecular complexity index is 1310. The highest BCUT2D eigenvalue weighted by Gasteiger charge is 2.42. The number of imide groups is 1. The maximum Gasteiger partial charge on any atom is 0.417 e. The molecule has 3 amide bonds. The number of pyridine rings is 1. The van der Waals surface area contributed by atoms with Crippen LogP contribution in [0.5, 0.6) is 5.75 Å². The highest BCUT2D eigenvalue weighted by atomic mass is 19.4. The average molecular weight is 543 g/mol. The first-order valence-electron chi connectivity index (χ1n) is 13.4. The summed E-state index contributed by atoms with van der Waals surface area (Å²) in [5.74, 6) is -0.326. The lowest BCUT2D eigenvalue weighted by atomic mass is 9.84. The van der Waals surface area contributed by atoms with Gasteiger partial charge in [-0.3, -0.25) is 29.6 Å². The molecule has 1 unspecified atom stereocenters. The molecule has 0 radical (unpaired) electrons. The van der Waals surface area contributed by atoms with Gasteiger partial charge in [-0.05, 0) is 61.1 Å². The summed E-state index contributed by atoms with van der Waals surface area (Å²) in [6, 6.07) is 6.07. The number of nitrogens with one attached hydrogen (secondary N) is 1. The molecule has 206 valence electrons. The van der Waals surface area contributed by atoms with E-state index in [1.165, 1.54) is 17.2 Å². The van der Waals surface area contributed by atoms with Crippen molar-refractivity contribution in [2.45, 2.75) is 75.4 Å². The maximum absolute atomic E-state index is 13.1. The molecule has 3 fully saturated rings. The molecule has 2 aromatic rings. The fraction of sp³-hybridized carbons (Fsp3) is 0.500. The number of halogens is 3. The molecule has 1 N–H and O–H groups in total. The van der Waals surface area contributed by atoms with E-state index in [0.29, 0.717) is 36.4 Å². The van der Waals surface area contributed by atoms with Crippen LogP contribution in [0.2, 0.25) is 0 Å². The topological polar surface area (TPSA) is 91.8 Å². The molecule has 4 heterocycles. The van der Waals surface area contributed by atoms with Crippen LogP contribution in [0.4, 0.5) is 13.2 Å². The zero-order chi connectivity index (χ0) is 27.3. The lowest BCUT2D eigenvalue weighted by Gasteiger charge is -2.48. The quantitative estimate of drug-likeness (QED) is 0.580. The largest absolute Gasteiger partial charge is 0.489 e. The molecular formula is C28H29F3N4O4. The smallest absolute Gasteiger partial charge is 0.417 e. The number of alkyl halides is 3. The molecule has 8 nitrogen and oxygen atoms in total. The first kappa shape index (κ1) is 25.8. The Labute approximate surface area is 223 Å². The monoisotopic (exact) mass is 542 g/mol. The molecular weight excluding hydrogens is 513 g/mol. The molecule has 0 bridgehead atoms. The molecule has 1 aromatic heterocycles. The van der Waals surface area contributed by atoms with Crippen LogP contribution in [0.3, 0.4) is 0 Å². The SMILES string of the molecule is O=C1CCC(N2Cc3cc(O[C@H]4CCCC[C@H]4N4CC(c5cncc(C(F)(F)F)c5)C4)ccc3C2=O)C(=O)N1. The minimum absolute atomic E-state index is 0.00616. The molecule has 1 aliphatic carbocycles. The minimum Gasteiger partial charge on any atom is -0.489 e. The molecule has 3 atom stereocenters. The van der Waals surface area contributed by atoms with Gasteiger partial charge >= 0.3 is 6.18 Å². The van der Waals surface area contributed by atoms with Crippen LogP contribution in [-0.2, 0) is 22.3 Å². The minimum atomic E-state index is -4.41. The molecule has 6 rings (SSSR count). The summed E-state index contributed by atoms with van der Waals surface area (Å²) in [6.45, 7) is 1.60. The average Bonchev–Trinajstić information content (AvgIpc) is 3.19. The van der Waals surface area contributed by atoms with Crippen LogP contribution in [0.15, 0.2) is 36.7 Å². The number of carbonyl (C=O) groups excluding carboxylic acids is 3. The van der Waals surface area contributed by atoms with Gasteiger partial charge in [0.25, 0.3) is 5.91 Å². The van der Waals surface area contributed by atoms with Crippen molar-refractivity contribution >= 4 is 17.7 Å². The lowest BCUT2D eigenvalue weighted by molar-refractivity contribution is -0.138. The second-order valence-electron chi connectivity index (χ2n) is 10.9. The highest BCUT2D eigenvalue weighted by molar-refractivity contribution is 6.05. The number of fused-ring (bicyclic) bond motifs is 1. The molecule has 1 saturated carbocycles. The predicted octanol–water partition coefficient (Wildman–Crippen LogP) is 3.65. The number of benzene rings is 1. The first-order valence-corrected chi connectivity index (χ1v) is 13.4. The number of aromatic nitrogens is 1. The Morgan fingerprint density at radius 1 is 1.00 bits per heavy atom. The van der Waals surface area contributed by atoms with Crippen molar-refractivity contribution in [3.8, 4) is 5.75 Å². The zero-order valence-electron chi connectivity index (χ0n) is 21.2. The summed E-state index contributed by atoms with van der Waals surface area (Å²) >= 11 is 0. The Morgan fingerprint density at radius 2 is 1.79 bits per heavy atom. The molecule has 4 aliphatic rings. The number of ether oxygens (including phenoxy) is 1. The van der Waals surface area contributed by atoms with Gasteiger partial charge in [0.2, 0.25) is 11.8 Å². The first-order chi connectivity index (χ1) is 18.7. The fourth-order valence-corrected chi connectivity index (χ4v) is 6.26. The van der Waals surface area contributed by atoms with Gasteiger partial charge in [-0.25, -0.2) is 0 Å². The van der Waals surface area contributed by atoms with Crippen LogP contribution < -0.4 is 10.1 Å². The van der Waals surface area contributed by atoms with Crippen molar-refractivity contribution in [3.05, 3.63) is 58.9 Å². The standard InChI is InChI=1S/C28H29F3N4O4/c29-28(30,31)19-9-16(11-32-12-19)18-13-34(14-18)22-3-1-2-4-24(22)39-20-5-6-21-17(10-20)15-35(27(21)38)23-7-8-25(36)33-26(23)37/h5-6,9-12,18,22-24H,1-4,7-8,13-15H2,(H,33,36,37)/t22-,23?,24+/m1/s1. The third-order valence-corrected chi connectivity index (χ3v) is 8.39. The van der Waals surface area contributed by atoms with Crippen molar-refractivity contribution in [3.63, 3.8) is 0 Å². The van der Waals surface area contributed by atoms with E-state index >= 15 is 0 Å². The van der Waals surface area contributed by atoms with Gasteiger partial charge in [0.1, 0.15) is 17.9 Å². The number of amides is 3. The van der Waals surface area contributed by atoms with Gasteiger partial charge in [0.05, 0.1) is 5.56 Å². The third kappa shape index (κ3) is 4.99. The summed E-state index contributed by atoms with van der Waals surface area (Å²) in [7, 11) is 0. The Morgan fingerprint density at radius 3 is 2.56 bits per heavy atom. The summed E-state index contributed by atoms with van der Waals surface area (Å²) in [6.07, 6.45) is 2.34. The molecule has 11 heteroatoms. The van der Waals surface area contributed by atoms with Crippen molar-refractivity contribution in [1.29, 1.82) is 0 Å². The van der Waals surface area contributed by atoms with Gasteiger partial charge in [-0.15, -0.1) is 0 Å². The second-order valence-corrected chi connectivity index (χ2v) is 10.9. The van der Waals surface area contributed by atoms with E-state index in [9.17, 15) is 27.6 Å². The molecule has 3 aliphatic heterocycles. The van der Waals surface area contributed by atoms with E-state index in [1.807, 2.05) is 6.07 Å². The Balaban J connectivity index is 1.11. The van der Waals surface area contributed by atoms with Crippen LogP contribution >= 0.6 is 0 Å². The van der Waals surface area contributed by atoms with Crippen molar-refractivity contribution in [2.75, 3.05) is 13.1 Å². The second kappa shape index (κ2) is 9.93. The number of likely N-dealkylation sites (tertiary alicyclic amines) is 1. The number of carbonyl (C=O) groups is 3. The van der Waals surface area contributed by atoms with Crippen LogP contribution in [0, 0.1) is 0 Å². The molecule has 39 heavy (non-hydrogen) atoms. The highest BCUT2D eigenvalue weighted by Crippen LogP contribution is 2.38. The van der Waals surface area contributed by atoms with E-state index in [2.05, 4.69) is 15.2 Å². The van der Waals surface area contributed by atoms with Crippen molar-refractivity contribution in [2.24, 2.45) is 0 Å².